The second kappa shape index (κ2) is 5.20. The van der Waals surface area contributed by atoms with Gasteiger partial charge < -0.3 is 9.88 Å². The number of fused-ring (bicyclic) bond motifs is 1. The minimum Gasteiger partial charge on any atom is -0.339 e. The first-order valence-corrected chi connectivity index (χ1v) is 7.09. The first kappa shape index (κ1) is 13.6. The Kier molecular flexibility index (Phi) is 3.37. The van der Waals surface area contributed by atoms with Gasteiger partial charge in [-0.15, -0.1) is 0 Å². The number of hydrogen-bond acceptors (Lipinski definition) is 3. The van der Waals surface area contributed by atoms with Gasteiger partial charge in [0.25, 0.3) is 0 Å². The second-order valence-electron chi connectivity index (χ2n) is 5.63. The number of anilines is 1. The van der Waals surface area contributed by atoms with Crippen molar-refractivity contribution >= 4 is 28.8 Å². The molecule has 0 aliphatic carbocycles. The molecule has 2 heterocycles. The van der Waals surface area contributed by atoms with Crippen molar-refractivity contribution in [1.82, 2.24) is 14.9 Å². The van der Waals surface area contributed by atoms with Crippen molar-refractivity contribution in [2.24, 2.45) is 5.92 Å². The van der Waals surface area contributed by atoms with Crippen molar-refractivity contribution in [3.63, 3.8) is 0 Å². The number of amides is 2. The molecular formula is C15H18N4O2. The van der Waals surface area contributed by atoms with Crippen LogP contribution in [0.3, 0.4) is 0 Å². The Balaban J connectivity index is 1.70. The number of likely N-dealkylation sites (tertiary alicyclic amines) is 1. The lowest BCUT2D eigenvalue weighted by Crippen LogP contribution is -2.33. The van der Waals surface area contributed by atoms with Gasteiger partial charge in [-0.2, -0.15) is 0 Å². The summed E-state index contributed by atoms with van der Waals surface area (Å²) in [5.74, 6) is -0.00919. The molecule has 1 unspecified atom stereocenters. The highest BCUT2D eigenvalue weighted by Gasteiger charge is 2.35. The number of aromatic amines is 1. The van der Waals surface area contributed by atoms with E-state index in [0.717, 1.165) is 11.0 Å². The highest BCUT2D eigenvalue weighted by Crippen LogP contribution is 2.22. The first-order valence-electron chi connectivity index (χ1n) is 7.09. The number of para-hydroxylation sites is 2. The van der Waals surface area contributed by atoms with E-state index in [4.69, 9.17) is 0 Å². The van der Waals surface area contributed by atoms with Gasteiger partial charge in [0.05, 0.1) is 17.0 Å². The second-order valence-corrected chi connectivity index (χ2v) is 5.63. The highest BCUT2D eigenvalue weighted by molar-refractivity contribution is 5.97. The van der Waals surface area contributed by atoms with E-state index in [1.165, 1.54) is 0 Å². The summed E-state index contributed by atoms with van der Waals surface area (Å²) < 4.78 is 0. The van der Waals surface area contributed by atoms with E-state index in [1.54, 1.807) is 4.90 Å². The summed E-state index contributed by atoms with van der Waals surface area (Å²) in [6.45, 7) is 4.39. The molecule has 0 bridgehead atoms. The molecule has 1 aromatic heterocycles. The van der Waals surface area contributed by atoms with Gasteiger partial charge in [-0.05, 0) is 26.0 Å². The van der Waals surface area contributed by atoms with Crippen LogP contribution in [0.1, 0.15) is 20.3 Å². The third-order valence-electron chi connectivity index (χ3n) is 3.78. The molecule has 110 valence electrons. The van der Waals surface area contributed by atoms with E-state index < -0.39 is 0 Å². The summed E-state index contributed by atoms with van der Waals surface area (Å²) in [6, 6.07) is 7.70. The van der Waals surface area contributed by atoms with Crippen molar-refractivity contribution in [2.45, 2.75) is 26.3 Å². The smallest absolute Gasteiger partial charge is 0.232 e. The molecule has 1 aliphatic rings. The first-order chi connectivity index (χ1) is 10.0. The Hall–Kier alpha value is -2.37. The molecule has 1 saturated heterocycles. The molecule has 2 amide bonds. The fourth-order valence-electron chi connectivity index (χ4n) is 2.64. The number of H-pyrrole nitrogens is 1. The Morgan fingerprint density at radius 1 is 1.43 bits per heavy atom. The minimum absolute atomic E-state index is 0.0368. The molecule has 1 fully saturated rings. The van der Waals surface area contributed by atoms with Crippen LogP contribution < -0.4 is 5.32 Å². The molecule has 1 atom stereocenters. The van der Waals surface area contributed by atoms with Crippen LogP contribution in [0.2, 0.25) is 0 Å². The quantitative estimate of drug-likeness (QED) is 0.902. The number of hydrogen-bond donors (Lipinski definition) is 2. The summed E-state index contributed by atoms with van der Waals surface area (Å²) in [7, 11) is 0. The molecule has 3 rings (SSSR count). The summed E-state index contributed by atoms with van der Waals surface area (Å²) in [6.07, 6.45) is 0.268. The number of imidazole rings is 1. The van der Waals surface area contributed by atoms with Gasteiger partial charge in [0.2, 0.25) is 17.8 Å². The maximum atomic E-state index is 12.3. The zero-order valence-electron chi connectivity index (χ0n) is 12.1. The largest absolute Gasteiger partial charge is 0.339 e. The number of carbonyl (C=O) groups excluding carboxylic acids is 2. The van der Waals surface area contributed by atoms with E-state index in [1.807, 2.05) is 38.1 Å². The average molecular weight is 286 g/mol. The highest BCUT2D eigenvalue weighted by atomic mass is 16.2. The zero-order valence-corrected chi connectivity index (χ0v) is 12.1. The van der Waals surface area contributed by atoms with Crippen LogP contribution in [0.15, 0.2) is 24.3 Å². The Morgan fingerprint density at radius 3 is 2.86 bits per heavy atom. The lowest BCUT2D eigenvalue weighted by molar-refractivity contribution is -0.129. The zero-order chi connectivity index (χ0) is 15.0. The lowest BCUT2D eigenvalue weighted by Gasteiger charge is -2.20. The van der Waals surface area contributed by atoms with Gasteiger partial charge in [-0.3, -0.25) is 14.9 Å². The van der Waals surface area contributed by atoms with Crippen molar-refractivity contribution in [2.75, 3.05) is 11.9 Å². The normalized spacial score (nSPS) is 18.7. The van der Waals surface area contributed by atoms with Gasteiger partial charge in [0.15, 0.2) is 0 Å². The number of rotatable bonds is 3. The molecule has 0 spiro atoms. The number of benzene rings is 1. The van der Waals surface area contributed by atoms with Crippen molar-refractivity contribution in [3.05, 3.63) is 24.3 Å². The maximum Gasteiger partial charge on any atom is 0.232 e. The van der Waals surface area contributed by atoms with Crippen molar-refractivity contribution < 1.29 is 9.59 Å². The third kappa shape index (κ3) is 2.61. The van der Waals surface area contributed by atoms with Crippen LogP contribution in [-0.2, 0) is 9.59 Å². The molecule has 6 nitrogen and oxygen atoms in total. The molecular weight excluding hydrogens is 268 g/mol. The fraction of sp³-hybridized carbons (Fsp3) is 0.400. The summed E-state index contributed by atoms with van der Waals surface area (Å²) in [4.78, 5) is 33.2. The van der Waals surface area contributed by atoms with E-state index in [9.17, 15) is 9.59 Å². The summed E-state index contributed by atoms with van der Waals surface area (Å²) in [5.41, 5.74) is 1.68. The van der Waals surface area contributed by atoms with Gasteiger partial charge in [-0.25, -0.2) is 4.98 Å². The molecule has 0 radical (unpaired) electrons. The number of aromatic nitrogens is 2. The standard InChI is InChI=1S/C15H18N4O2/c1-9(2)19-8-10(7-13(19)20)14(21)18-15-16-11-5-3-4-6-12(11)17-15/h3-6,9-10H,7-8H2,1-2H3,(H2,16,17,18,21). The summed E-state index contributed by atoms with van der Waals surface area (Å²) >= 11 is 0. The Bertz CT molecular complexity index is 659. The van der Waals surface area contributed by atoms with Gasteiger partial charge in [0.1, 0.15) is 0 Å². The Labute approximate surface area is 122 Å². The lowest BCUT2D eigenvalue weighted by atomic mass is 10.1. The van der Waals surface area contributed by atoms with Crippen LogP contribution in [0, 0.1) is 5.92 Å². The van der Waals surface area contributed by atoms with Crippen molar-refractivity contribution in [3.8, 4) is 0 Å². The maximum absolute atomic E-state index is 12.3. The molecule has 6 heteroatoms. The minimum atomic E-state index is -0.312. The molecule has 1 aliphatic heterocycles. The number of carbonyl (C=O) groups is 2. The average Bonchev–Trinajstić information content (AvgIpc) is 3.01. The predicted octanol–water partition coefficient (Wildman–Crippen LogP) is 1.76. The predicted molar refractivity (Wildman–Crippen MR) is 79.7 cm³/mol. The molecule has 1 aromatic carbocycles. The third-order valence-corrected chi connectivity index (χ3v) is 3.78. The molecule has 0 saturated carbocycles. The van der Waals surface area contributed by atoms with E-state index in [0.29, 0.717) is 12.5 Å². The van der Waals surface area contributed by atoms with Crippen LogP contribution in [-0.4, -0.2) is 39.3 Å². The van der Waals surface area contributed by atoms with Crippen molar-refractivity contribution in [1.29, 1.82) is 0 Å². The Morgan fingerprint density at radius 2 is 2.19 bits per heavy atom. The fourth-order valence-corrected chi connectivity index (χ4v) is 2.64. The monoisotopic (exact) mass is 286 g/mol. The SMILES string of the molecule is CC(C)N1CC(C(=O)Nc2nc3ccccc3[nH]2)CC1=O. The number of nitrogens with zero attached hydrogens (tertiary/aromatic N) is 2. The summed E-state index contributed by atoms with van der Waals surface area (Å²) in [5, 5.41) is 2.77. The number of nitrogens with one attached hydrogen (secondary N) is 2. The van der Waals surface area contributed by atoms with E-state index in [-0.39, 0.29) is 30.2 Å². The molecule has 21 heavy (non-hydrogen) atoms. The van der Waals surface area contributed by atoms with Gasteiger partial charge in [-0.1, -0.05) is 12.1 Å². The van der Waals surface area contributed by atoms with Crippen LogP contribution >= 0.6 is 0 Å². The molecule has 2 aromatic rings. The van der Waals surface area contributed by atoms with Gasteiger partial charge in [0, 0.05) is 19.0 Å². The van der Waals surface area contributed by atoms with Gasteiger partial charge >= 0.3 is 0 Å². The van der Waals surface area contributed by atoms with Crippen LogP contribution in [0.4, 0.5) is 5.95 Å². The van der Waals surface area contributed by atoms with Crippen LogP contribution in [0.25, 0.3) is 11.0 Å². The van der Waals surface area contributed by atoms with E-state index in [2.05, 4.69) is 15.3 Å². The molecule has 2 N–H and O–H groups in total. The van der Waals surface area contributed by atoms with E-state index >= 15 is 0 Å². The topological polar surface area (TPSA) is 78.1 Å². The van der Waals surface area contributed by atoms with Crippen LogP contribution in [0.5, 0.6) is 0 Å².